The van der Waals surface area contributed by atoms with E-state index in [1.54, 1.807) is 6.92 Å². The lowest BCUT2D eigenvalue weighted by molar-refractivity contribution is -0.127. The van der Waals surface area contributed by atoms with Crippen LogP contribution in [0.1, 0.15) is 19.4 Å². The smallest absolute Gasteiger partial charge is 0.260 e. The molecule has 1 atom stereocenters. The Morgan fingerprint density at radius 3 is 2.94 bits per heavy atom. The highest BCUT2D eigenvalue weighted by molar-refractivity contribution is 5.80. The highest BCUT2D eigenvalue weighted by Crippen LogP contribution is 2.14. The molecule has 3 N–H and O–H groups in total. The molecule has 1 aromatic rings. The third-order valence-electron chi connectivity index (χ3n) is 2.17. The second-order valence-electron chi connectivity index (χ2n) is 3.51. The SMILES string of the molecule is CCNC(=O)C(C)Oc1cccc(CN)c1. The topological polar surface area (TPSA) is 64.3 Å². The van der Waals surface area contributed by atoms with Crippen molar-refractivity contribution in [3.8, 4) is 5.75 Å². The zero-order valence-corrected chi connectivity index (χ0v) is 9.69. The van der Waals surface area contributed by atoms with Crippen LogP contribution in [0.15, 0.2) is 24.3 Å². The molecule has 0 spiro atoms. The molecule has 0 saturated carbocycles. The van der Waals surface area contributed by atoms with Gasteiger partial charge in [-0.2, -0.15) is 0 Å². The molecule has 4 nitrogen and oxygen atoms in total. The molecule has 0 aliphatic carbocycles. The van der Waals surface area contributed by atoms with Crippen LogP contribution in [0.5, 0.6) is 5.75 Å². The molecule has 16 heavy (non-hydrogen) atoms. The molecular formula is C12H18N2O2. The highest BCUT2D eigenvalue weighted by Gasteiger charge is 2.13. The number of carbonyl (C=O) groups excluding carboxylic acids is 1. The van der Waals surface area contributed by atoms with Crippen molar-refractivity contribution in [1.29, 1.82) is 0 Å². The number of nitrogens with two attached hydrogens (primary N) is 1. The van der Waals surface area contributed by atoms with E-state index < -0.39 is 6.10 Å². The van der Waals surface area contributed by atoms with E-state index in [0.29, 0.717) is 18.8 Å². The maximum absolute atomic E-state index is 11.4. The van der Waals surface area contributed by atoms with E-state index in [0.717, 1.165) is 5.56 Å². The van der Waals surface area contributed by atoms with E-state index in [1.165, 1.54) is 0 Å². The summed E-state index contributed by atoms with van der Waals surface area (Å²) in [4.78, 5) is 11.4. The van der Waals surface area contributed by atoms with Crippen LogP contribution in [0.2, 0.25) is 0 Å². The third-order valence-corrected chi connectivity index (χ3v) is 2.17. The molecule has 0 fully saturated rings. The summed E-state index contributed by atoms with van der Waals surface area (Å²) in [6.45, 7) is 4.67. The van der Waals surface area contributed by atoms with Gasteiger partial charge in [0.15, 0.2) is 6.10 Å². The molecule has 0 aromatic heterocycles. The number of rotatable bonds is 5. The third kappa shape index (κ3) is 3.55. The number of benzene rings is 1. The van der Waals surface area contributed by atoms with E-state index in [2.05, 4.69) is 5.32 Å². The lowest BCUT2D eigenvalue weighted by Crippen LogP contribution is -2.36. The van der Waals surface area contributed by atoms with Crippen LogP contribution in [0.3, 0.4) is 0 Å². The monoisotopic (exact) mass is 222 g/mol. The first-order valence-corrected chi connectivity index (χ1v) is 5.40. The van der Waals surface area contributed by atoms with Crippen molar-refractivity contribution in [2.24, 2.45) is 5.73 Å². The van der Waals surface area contributed by atoms with Crippen LogP contribution in [0.4, 0.5) is 0 Å². The molecule has 88 valence electrons. The lowest BCUT2D eigenvalue weighted by atomic mass is 10.2. The molecule has 0 aliphatic heterocycles. The molecule has 1 amide bonds. The Bertz CT molecular complexity index is 353. The first kappa shape index (κ1) is 12.5. The number of hydrogen-bond acceptors (Lipinski definition) is 3. The normalized spacial score (nSPS) is 11.9. The van der Waals surface area contributed by atoms with Gasteiger partial charge in [-0.05, 0) is 31.5 Å². The molecule has 0 heterocycles. The molecule has 0 radical (unpaired) electrons. The Hall–Kier alpha value is -1.55. The molecule has 1 aromatic carbocycles. The second kappa shape index (κ2) is 6.12. The second-order valence-corrected chi connectivity index (χ2v) is 3.51. The number of nitrogens with one attached hydrogen (secondary N) is 1. The average Bonchev–Trinajstić information content (AvgIpc) is 2.29. The van der Waals surface area contributed by atoms with E-state index >= 15 is 0 Å². The molecule has 0 saturated heterocycles. The number of likely N-dealkylation sites (N-methyl/N-ethyl adjacent to an activating group) is 1. The van der Waals surface area contributed by atoms with Crippen LogP contribution in [0.25, 0.3) is 0 Å². The van der Waals surface area contributed by atoms with Crippen molar-refractivity contribution >= 4 is 5.91 Å². The van der Waals surface area contributed by atoms with Gasteiger partial charge in [-0.25, -0.2) is 0 Å². The Kier molecular flexibility index (Phi) is 4.79. The molecule has 4 heteroatoms. The summed E-state index contributed by atoms with van der Waals surface area (Å²) in [5.41, 5.74) is 6.51. The van der Waals surface area contributed by atoms with Crippen molar-refractivity contribution in [2.75, 3.05) is 6.54 Å². The Labute approximate surface area is 95.8 Å². The van der Waals surface area contributed by atoms with Gasteiger partial charge in [-0.3, -0.25) is 4.79 Å². The molecule has 0 bridgehead atoms. The van der Waals surface area contributed by atoms with Gasteiger partial charge in [-0.15, -0.1) is 0 Å². The summed E-state index contributed by atoms with van der Waals surface area (Å²) >= 11 is 0. The number of ether oxygens (including phenoxy) is 1. The largest absolute Gasteiger partial charge is 0.481 e. The van der Waals surface area contributed by atoms with Crippen LogP contribution >= 0.6 is 0 Å². The molecular weight excluding hydrogens is 204 g/mol. The summed E-state index contributed by atoms with van der Waals surface area (Å²) in [5, 5.41) is 2.71. The average molecular weight is 222 g/mol. The van der Waals surface area contributed by atoms with Crippen LogP contribution in [0, 0.1) is 0 Å². The predicted octanol–water partition coefficient (Wildman–Crippen LogP) is 1.05. The van der Waals surface area contributed by atoms with Gasteiger partial charge in [0.25, 0.3) is 5.91 Å². The maximum Gasteiger partial charge on any atom is 0.260 e. The van der Waals surface area contributed by atoms with Crippen molar-refractivity contribution in [3.05, 3.63) is 29.8 Å². The van der Waals surface area contributed by atoms with E-state index in [4.69, 9.17) is 10.5 Å². The number of amides is 1. The van der Waals surface area contributed by atoms with Crippen molar-refractivity contribution in [2.45, 2.75) is 26.5 Å². The quantitative estimate of drug-likeness (QED) is 0.782. The minimum atomic E-state index is -0.493. The fourth-order valence-corrected chi connectivity index (χ4v) is 1.32. The molecule has 1 unspecified atom stereocenters. The van der Waals surface area contributed by atoms with Gasteiger partial charge in [0.05, 0.1) is 0 Å². The summed E-state index contributed by atoms with van der Waals surface area (Å²) in [6.07, 6.45) is -0.493. The fourth-order valence-electron chi connectivity index (χ4n) is 1.32. The summed E-state index contributed by atoms with van der Waals surface area (Å²) < 4.78 is 5.50. The minimum absolute atomic E-state index is 0.111. The van der Waals surface area contributed by atoms with Gasteiger partial charge >= 0.3 is 0 Å². The summed E-state index contributed by atoms with van der Waals surface area (Å²) in [7, 11) is 0. The van der Waals surface area contributed by atoms with Crippen molar-refractivity contribution in [3.63, 3.8) is 0 Å². The van der Waals surface area contributed by atoms with Crippen LogP contribution in [-0.2, 0) is 11.3 Å². The Balaban J connectivity index is 2.61. The fraction of sp³-hybridized carbons (Fsp3) is 0.417. The van der Waals surface area contributed by atoms with Crippen LogP contribution in [-0.4, -0.2) is 18.6 Å². The first-order valence-electron chi connectivity index (χ1n) is 5.40. The van der Waals surface area contributed by atoms with Gasteiger partial charge in [0, 0.05) is 13.1 Å². The van der Waals surface area contributed by atoms with Crippen LogP contribution < -0.4 is 15.8 Å². The molecule has 1 rings (SSSR count). The predicted molar refractivity (Wildman–Crippen MR) is 63.1 cm³/mol. The number of carbonyl (C=O) groups is 1. The Morgan fingerprint density at radius 2 is 2.31 bits per heavy atom. The number of hydrogen-bond donors (Lipinski definition) is 2. The summed E-state index contributed by atoms with van der Waals surface area (Å²) in [6, 6.07) is 7.44. The zero-order valence-electron chi connectivity index (χ0n) is 9.69. The van der Waals surface area contributed by atoms with E-state index in [-0.39, 0.29) is 5.91 Å². The minimum Gasteiger partial charge on any atom is -0.481 e. The van der Waals surface area contributed by atoms with Gasteiger partial charge in [0.1, 0.15) is 5.75 Å². The van der Waals surface area contributed by atoms with E-state index in [1.807, 2.05) is 31.2 Å². The van der Waals surface area contributed by atoms with Gasteiger partial charge in [0.2, 0.25) is 0 Å². The van der Waals surface area contributed by atoms with Crippen molar-refractivity contribution < 1.29 is 9.53 Å². The van der Waals surface area contributed by atoms with Gasteiger partial charge < -0.3 is 15.8 Å². The standard InChI is InChI=1S/C12H18N2O2/c1-3-14-12(15)9(2)16-11-6-4-5-10(7-11)8-13/h4-7,9H,3,8,13H2,1-2H3,(H,14,15). The van der Waals surface area contributed by atoms with E-state index in [9.17, 15) is 4.79 Å². The molecule has 0 aliphatic rings. The lowest BCUT2D eigenvalue weighted by Gasteiger charge is -2.14. The van der Waals surface area contributed by atoms with Gasteiger partial charge in [-0.1, -0.05) is 12.1 Å². The Morgan fingerprint density at radius 1 is 1.56 bits per heavy atom. The summed E-state index contributed by atoms with van der Waals surface area (Å²) in [5.74, 6) is 0.558. The first-order chi connectivity index (χ1) is 7.67. The van der Waals surface area contributed by atoms with Crippen molar-refractivity contribution in [1.82, 2.24) is 5.32 Å². The zero-order chi connectivity index (χ0) is 12.0. The maximum atomic E-state index is 11.4. The highest BCUT2D eigenvalue weighted by atomic mass is 16.5.